The number of fused-ring (bicyclic) bond motifs is 2. The third-order valence-corrected chi connectivity index (χ3v) is 5.72. The van der Waals surface area contributed by atoms with Crippen molar-refractivity contribution in [1.29, 1.82) is 0 Å². The van der Waals surface area contributed by atoms with Gasteiger partial charge in [0, 0.05) is 12.1 Å². The van der Waals surface area contributed by atoms with Crippen molar-refractivity contribution in [3.63, 3.8) is 0 Å². The molecule has 3 atom stereocenters. The fraction of sp³-hybridized carbons (Fsp3) is 0.600. The summed E-state index contributed by atoms with van der Waals surface area (Å²) in [5, 5.41) is 9.14. The van der Waals surface area contributed by atoms with E-state index in [0.717, 1.165) is 6.42 Å². The van der Waals surface area contributed by atoms with Gasteiger partial charge >= 0.3 is 5.97 Å². The van der Waals surface area contributed by atoms with Gasteiger partial charge < -0.3 is 10.1 Å². The van der Waals surface area contributed by atoms with Gasteiger partial charge in [-0.3, -0.25) is 4.79 Å². The summed E-state index contributed by atoms with van der Waals surface area (Å²) >= 11 is 0. The molecule has 0 aromatic carbocycles. The van der Waals surface area contributed by atoms with Gasteiger partial charge in [0.15, 0.2) is 5.03 Å². The molecule has 2 aliphatic heterocycles. The van der Waals surface area contributed by atoms with Crippen LogP contribution in [0, 0.1) is 5.92 Å². The molecule has 2 aliphatic rings. The third-order valence-electron chi connectivity index (χ3n) is 3.82. The van der Waals surface area contributed by atoms with E-state index in [9.17, 15) is 13.2 Å². The number of hydrogen-bond donors (Lipinski definition) is 2. The first-order valence-corrected chi connectivity index (χ1v) is 7.20. The van der Waals surface area contributed by atoms with Crippen molar-refractivity contribution in [2.75, 3.05) is 0 Å². The predicted octanol–water partition coefficient (Wildman–Crippen LogP) is 0.0359. The summed E-state index contributed by atoms with van der Waals surface area (Å²) in [5.41, 5.74) is 0. The first-order chi connectivity index (χ1) is 8.51. The summed E-state index contributed by atoms with van der Waals surface area (Å²) in [6.45, 7) is 0. The van der Waals surface area contributed by atoms with Gasteiger partial charge in [-0.05, 0) is 19.3 Å². The van der Waals surface area contributed by atoms with E-state index in [2.05, 4.69) is 9.97 Å². The molecule has 8 heteroatoms. The molecule has 2 bridgehead atoms. The van der Waals surface area contributed by atoms with E-state index in [1.54, 1.807) is 0 Å². The molecule has 2 fully saturated rings. The van der Waals surface area contributed by atoms with Crippen LogP contribution in [0.15, 0.2) is 17.6 Å². The van der Waals surface area contributed by atoms with Gasteiger partial charge in [-0.2, -0.15) is 4.31 Å². The second-order valence-corrected chi connectivity index (χ2v) is 6.54. The van der Waals surface area contributed by atoms with E-state index >= 15 is 0 Å². The number of H-pyrrole nitrogens is 1. The standard InChI is InChI=1S/C10H13N3O4S/c14-10(15)7-3-6-1-2-8(7)13(6)18(16,17)9-4-11-5-12-9/h4-8H,1-3H2,(H,11,12)(H,14,15). The molecule has 18 heavy (non-hydrogen) atoms. The number of aromatic amines is 1. The summed E-state index contributed by atoms with van der Waals surface area (Å²) in [4.78, 5) is 17.4. The van der Waals surface area contributed by atoms with E-state index in [0.29, 0.717) is 12.8 Å². The Morgan fingerprint density at radius 3 is 2.83 bits per heavy atom. The van der Waals surface area contributed by atoms with Crippen LogP contribution in [-0.2, 0) is 14.8 Å². The second-order valence-electron chi connectivity index (χ2n) is 4.73. The van der Waals surface area contributed by atoms with E-state index in [-0.39, 0.29) is 11.1 Å². The van der Waals surface area contributed by atoms with Crippen LogP contribution in [0.3, 0.4) is 0 Å². The maximum Gasteiger partial charge on any atom is 0.308 e. The van der Waals surface area contributed by atoms with Gasteiger partial charge in [0.05, 0.1) is 18.4 Å². The van der Waals surface area contributed by atoms with Crippen molar-refractivity contribution in [2.45, 2.75) is 36.4 Å². The predicted molar refractivity (Wildman–Crippen MR) is 60.2 cm³/mol. The highest BCUT2D eigenvalue weighted by atomic mass is 32.2. The minimum absolute atomic E-state index is 0.0328. The molecule has 2 N–H and O–H groups in total. The fourth-order valence-corrected chi connectivity index (χ4v) is 4.89. The van der Waals surface area contributed by atoms with Crippen LogP contribution < -0.4 is 0 Å². The van der Waals surface area contributed by atoms with Crippen LogP contribution in [0.2, 0.25) is 0 Å². The Hall–Kier alpha value is -1.41. The molecular weight excluding hydrogens is 258 g/mol. The van der Waals surface area contributed by atoms with Crippen LogP contribution in [0.5, 0.6) is 0 Å². The largest absolute Gasteiger partial charge is 0.481 e. The Kier molecular flexibility index (Phi) is 2.46. The topological polar surface area (TPSA) is 103 Å². The Balaban J connectivity index is 1.97. The number of nitrogens with zero attached hydrogens (tertiary/aromatic N) is 2. The van der Waals surface area contributed by atoms with Gasteiger partial charge in [-0.25, -0.2) is 13.4 Å². The number of carboxylic acid groups (broad SMARTS) is 1. The van der Waals surface area contributed by atoms with Gasteiger partial charge in [-0.15, -0.1) is 0 Å². The van der Waals surface area contributed by atoms with Crippen molar-refractivity contribution in [2.24, 2.45) is 5.92 Å². The number of carboxylic acids is 1. The highest BCUT2D eigenvalue weighted by molar-refractivity contribution is 7.89. The molecule has 3 unspecified atom stereocenters. The molecule has 0 radical (unpaired) electrons. The van der Waals surface area contributed by atoms with Crippen molar-refractivity contribution >= 4 is 16.0 Å². The summed E-state index contributed by atoms with van der Waals surface area (Å²) in [7, 11) is -3.65. The van der Waals surface area contributed by atoms with Crippen LogP contribution in [0.25, 0.3) is 0 Å². The number of nitrogens with one attached hydrogen (secondary N) is 1. The molecule has 7 nitrogen and oxygen atoms in total. The number of hydrogen-bond acceptors (Lipinski definition) is 4. The summed E-state index contributed by atoms with van der Waals surface area (Å²) in [5.74, 6) is -1.49. The quantitative estimate of drug-likeness (QED) is 0.807. The van der Waals surface area contributed by atoms with Crippen LogP contribution >= 0.6 is 0 Å². The summed E-state index contributed by atoms with van der Waals surface area (Å²) < 4.78 is 26.1. The Morgan fingerprint density at radius 1 is 1.50 bits per heavy atom. The normalized spacial score (nSPS) is 31.9. The highest BCUT2D eigenvalue weighted by Crippen LogP contribution is 2.44. The smallest absolute Gasteiger partial charge is 0.308 e. The molecule has 2 saturated heterocycles. The third kappa shape index (κ3) is 1.49. The van der Waals surface area contributed by atoms with Gasteiger partial charge in [0.1, 0.15) is 0 Å². The molecule has 1 aromatic rings. The number of aliphatic carboxylic acids is 1. The maximum atomic E-state index is 12.4. The number of imidazole rings is 1. The van der Waals surface area contributed by atoms with Crippen molar-refractivity contribution in [1.82, 2.24) is 14.3 Å². The van der Waals surface area contributed by atoms with E-state index in [1.807, 2.05) is 0 Å². The molecular formula is C10H13N3O4S. The zero-order chi connectivity index (χ0) is 12.9. The highest BCUT2D eigenvalue weighted by Gasteiger charge is 2.54. The molecule has 3 rings (SSSR count). The summed E-state index contributed by atoms with van der Waals surface area (Å²) in [6, 6.07) is -0.606. The van der Waals surface area contributed by atoms with Gasteiger partial charge in [0.25, 0.3) is 10.0 Å². The molecule has 0 spiro atoms. The van der Waals surface area contributed by atoms with Crippen LogP contribution in [-0.4, -0.2) is 45.9 Å². The van der Waals surface area contributed by atoms with Crippen molar-refractivity contribution < 1.29 is 18.3 Å². The molecule has 0 aliphatic carbocycles. The monoisotopic (exact) mass is 271 g/mol. The molecule has 98 valence electrons. The zero-order valence-electron chi connectivity index (χ0n) is 9.48. The molecule has 3 heterocycles. The average molecular weight is 271 g/mol. The minimum Gasteiger partial charge on any atom is -0.481 e. The minimum atomic E-state index is -3.65. The van der Waals surface area contributed by atoms with Crippen LogP contribution in [0.4, 0.5) is 0 Å². The number of rotatable bonds is 3. The first-order valence-electron chi connectivity index (χ1n) is 5.76. The SMILES string of the molecule is O=C(O)C1CC2CCC1N2S(=O)(=O)c1cnc[nH]1. The van der Waals surface area contributed by atoms with E-state index < -0.39 is 28.0 Å². The van der Waals surface area contributed by atoms with Crippen molar-refractivity contribution in [3.05, 3.63) is 12.5 Å². The zero-order valence-corrected chi connectivity index (χ0v) is 10.3. The Labute approximate surface area is 104 Å². The van der Waals surface area contributed by atoms with Gasteiger partial charge in [-0.1, -0.05) is 0 Å². The molecule has 1 aromatic heterocycles. The lowest BCUT2D eigenvalue weighted by Crippen LogP contribution is -2.38. The molecule has 0 amide bonds. The second kappa shape index (κ2) is 3.79. The van der Waals surface area contributed by atoms with E-state index in [1.165, 1.54) is 16.8 Å². The first kappa shape index (κ1) is 11.7. The Bertz CT molecular complexity index is 568. The van der Waals surface area contributed by atoms with Crippen molar-refractivity contribution in [3.8, 4) is 0 Å². The summed E-state index contributed by atoms with van der Waals surface area (Å²) in [6.07, 6.45) is 4.33. The lowest BCUT2D eigenvalue weighted by molar-refractivity contribution is -0.142. The lowest BCUT2D eigenvalue weighted by atomic mass is 9.89. The maximum absolute atomic E-state index is 12.4. The number of carbonyl (C=O) groups is 1. The Morgan fingerprint density at radius 2 is 2.28 bits per heavy atom. The molecule has 0 saturated carbocycles. The number of aromatic nitrogens is 2. The number of sulfonamides is 1. The van der Waals surface area contributed by atoms with Gasteiger partial charge in [0.2, 0.25) is 0 Å². The fourth-order valence-electron chi connectivity index (χ4n) is 3.08. The average Bonchev–Trinajstić information content (AvgIpc) is 3.04. The van der Waals surface area contributed by atoms with Crippen LogP contribution in [0.1, 0.15) is 19.3 Å². The lowest BCUT2D eigenvalue weighted by Gasteiger charge is -2.21. The van der Waals surface area contributed by atoms with E-state index in [4.69, 9.17) is 5.11 Å².